The van der Waals surface area contributed by atoms with Gasteiger partial charge in [0.25, 0.3) is 0 Å². The zero-order valence-electron chi connectivity index (χ0n) is 23.5. The summed E-state index contributed by atoms with van der Waals surface area (Å²) in [6, 6.07) is 10.2. The molecular weight excluding hydrogens is 477 g/mol. The van der Waals surface area contributed by atoms with Crippen LogP contribution in [-0.4, -0.2) is 52.0 Å². The molecule has 1 aromatic heterocycles. The van der Waals surface area contributed by atoms with Gasteiger partial charge in [-0.3, -0.25) is 4.79 Å². The number of aryl methyl sites for hydroxylation is 1. The molecule has 4 aliphatic rings. The molecule has 2 bridgehead atoms. The number of nitrogens with zero attached hydrogens (tertiary/aromatic N) is 3. The van der Waals surface area contributed by atoms with Gasteiger partial charge in [-0.25, -0.2) is 9.67 Å². The summed E-state index contributed by atoms with van der Waals surface area (Å²) in [5, 5.41) is 7.96. The van der Waals surface area contributed by atoms with Crippen molar-refractivity contribution >= 4 is 13.0 Å². The molecule has 2 heterocycles. The van der Waals surface area contributed by atoms with Crippen molar-refractivity contribution in [3.63, 3.8) is 0 Å². The Balaban J connectivity index is 1.27. The summed E-state index contributed by atoms with van der Waals surface area (Å²) in [6.07, 6.45) is 7.28. The first-order valence-electron chi connectivity index (χ1n) is 14.5. The molecule has 4 fully saturated rings. The van der Waals surface area contributed by atoms with E-state index in [9.17, 15) is 4.79 Å². The van der Waals surface area contributed by atoms with Gasteiger partial charge >= 0.3 is 7.12 Å². The predicted octanol–water partition coefficient (Wildman–Crippen LogP) is 3.70. The Morgan fingerprint density at radius 2 is 2.03 bits per heavy atom. The fourth-order valence-corrected chi connectivity index (χ4v) is 7.06. The SMILES string of the molecule is CCCc1nc(Cc2ccccc2)nn1CC(=O)NC(CCCCN)B1OC2CC3CC(C3(C)C)C2(C)O1. The van der Waals surface area contributed by atoms with E-state index in [0.29, 0.717) is 24.8 Å². The summed E-state index contributed by atoms with van der Waals surface area (Å²) in [5.74, 6) is 2.45. The summed E-state index contributed by atoms with van der Waals surface area (Å²) < 4.78 is 15.0. The third kappa shape index (κ3) is 5.30. The van der Waals surface area contributed by atoms with Crippen LogP contribution in [-0.2, 0) is 33.5 Å². The summed E-state index contributed by atoms with van der Waals surface area (Å²) >= 11 is 0. The van der Waals surface area contributed by atoms with Gasteiger partial charge < -0.3 is 20.4 Å². The molecule has 3 aliphatic carbocycles. The lowest BCUT2D eigenvalue weighted by atomic mass is 9.43. The van der Waals surface area contributed by atoms with Gasteiger partial charge in [-0.05, 0) is 68.4 Å². The molecule has 0 spiro atoms. The Bertz CT molecular complexity index is 1110. The maximum absolute atomic E-state index is 13.4. The summed E-state index contributed by atoms with van der Waals surface area (Å²) in [4.78, 5) is 18.1. The zero-order valence-corrected chi connectivity index (χ0v) is 23.5. The Morgan fingerprint density at radius 3 is 2.74 bits per heavy atom. The lowest BCUT2D eigenvalue weighted by Crippen LogP contribution is -2.65. The van der Waals surface area contributed by atoms with E-state index in [1.807, 2.05) is 18.2 Å². The first-order chi connectivity index (χ1) is 18.2. The van der Waals surface area contributed by atoms with E-state index in [4.69, 9.17) is 25.1 Å². The Hall–Kier alpha value is -2.23. The standard InChI is InChI=1S/C29H44BN5O3/c1-5-11-26-33-25(16-20-12-7-6-8-13-20)34-35(26)19-27(36)32-24(14-9-10-15-31)30-37-23-18-21-17-22(28(21,2)3)29(23,4)38-30/h6-8,12-13,21-24H,5,9-11,14-19,31H2,1-4H3,(H,32,36). The molecule has 5 unspecified atom stereocenters. The van der Waals surface area contributed by atoms with Gasteiger partial charge in [0, 0.05) is 12.8 Å². The van der Waals surface area contributed by atoms with E-state index in [0.717, 1.165) is 55.7 Å². The summed E-state index contributed by atoms with van der Waals surface area (Å²) in [5.41, 5.74) is 6.91. The molecule has 1 amide bonds. The highest BCUT2D eigenvalue weighted by molar-refractivity contribution is 6.47. The van der Waals surface area contributed by atoms with Gasteiger partial charge in [0.05, 0.1) is 17.6 Å². The normalized spacial score (nSPS) is 28.0. The fourth-order valence-electron chi connectivity index (χ4n) is 7.06. The number of nitrogens with one attached hydrogen (secondary N) is 1. The number of rotatable bonds is 12. The van der Waals surface area contributed by atoms with Crippen LogP contribution in [0.4, 0.5) is 0 Å². The molecule has 3 saturated carbocycles. The van der Waals surface area contributed by atoms with Crippen molar-refractivity contribution in [2.75, 3.05) is 6.54 Å². The van der Waals surface area contributed by atoms with Crippen molar-refractivity contribution < 1.29 is 14.1 Å². The first kappa shape index (κ1) is 27.3. The van der Waals surface area contributed by atoms with Crippen LogP contribution in [0.1, 0.15) is 83.4 Å². The van der Waals surface area contributed by atoms with Gasteiger partial charge in [-0.2, -0.15) is 5.10 Å². The number of aromatic nitrogens is 3. The maximum Gasteiger partial charge on any atom is 0.481 e. The Kier molecular flexibility index (Phi) is 7.99. The minimum atomic E-state index is -0.443. The smallest absolute Gasteiger partial charge is 0.404 e. The van der Waals surface area contributed by atoms with E-state index in [1.54, 1.807) is 4.68 Å². The Labute approximate surface area is 227 Å². The van der Waals surface area contributed by atoms with Crippen LogP contribution in [0.15, 0.2) is 30.3 Å². The van der Waals surface area contributed by atoms with Crippen LogP contribution in [0.3, 0.4) is 0 Å². The van der Waals surface area contributed by atoms with Crippen molar-refractivity contribution in [1.82, 2.24) is 20.1 Å². The molecule has 38 heavy (non-hydrogen) atoms. The fraction of sp³-hybridized carbons (Fsp3) is 0.690. The quantitative estimate of drug-likeness (QED) is 0.326. The molecule has 0 radical (unpaired) electrons. The topological polar surface area (TPSA) is 104 Å². The molecule has 3 N–H and O–H groups in total. The number of nitrogens with two attached hydrogens (primary N) is 1. The van der Waals surface area contributed by atoms with Crippen LogP contribution in [0, 0.1) is 17.3 Å². The molecule has 8 nitrogen and oxygen atoms in total. The lowest BCUT2D eigenvalue weighted by Gasteiger charge is -2.64. The van der Waals surface area contributed by atoms with Crippen molar-refractivity contribution in [3.8, 4) is 0 Å². The molecular formula is C29H44BN5O3. The van der Waals surface area contributed by atoms with Gasteiger partial charge in [-0.1, -0.05) is 57.5 Å². The lowest BCUT2D eigenvalue weighted by molar-refractivity contribution is -0.199. The third-order valence-corrected chi connectivity index (χ3v) is 9.38. The monoisotopic (exact) mass is 521 g/mol. The number of carbonyl (C=O) groups excluding carboxylic acids is 1. The van der Waals surface area contributed by atoms with Crippen LogP contribution in [0.5, 0.6) is 0 Å². The molecule has 1 saturated heterocycles. The molecule has 2 aromatic rings. The highest BCUT2D eigenvalue weighted by Gasteiger charge is 2.68. The van der Waals surface area contributed by atoms with Crippen LogP contribution < -0.4 is 11.1 Å². The number of benzene rings is 1. The van der Waals surface area contributed by atoms with E-state index in [-0.39, 0.29) is 35.5 Å². The van der Waals surface area contributed by atoms with Gasteiger partial charge in [0.1, 0.15) is 12.4 Å². The number of unbranched alkanes of at least 4 members (excludes halogenated alkanes) is 1. The van der Waals surface area contributed by atoms with E-state index in [1.165, 1.54) is 6.42 Å². The summed E-state index contributed by atoms with van der Waals surface area (Å²) in [6.45, 7) is 9.83. The molecule has 9 heteroatoms. The number of hydrogen-bond donors (Lipinski definition) is 2. The minimum absolute atomic E-state index is 0.0882. The largest absolute Gasteiger partial charge is 0.481 e. The van der Waals surface area contributed by atoms with Crippen molar-refractivity contribution in [2.45, 2.75) is 103 Å². The number of hydrogen-bond acceptors (Lipinski definition) is 6. The molecule has 5 atom stereocenters. The van der Waals surface area contributed by atoms with Crippen LogP contribution in [0.25, 0.3) is 0 Å². The predicted molar refractivity (Wildman–Crippen MR) is 148 cm³/mol. The van der Waals surface area contributed by atoms with E-state index < -0.39 is 7.12 Å². The minimum Gasteiger partial charge on any atom is -0.404 e. The second-order valence-corrected chi connectivity index (χ2v) is 12.3. The molecule has 6 rings (SSSR count). The molecule has 1 aromatic carbocycles. The van der Waals surface area contributed by atoms with Gasteiger partial charge in [0.2, 0.25) is 5.91 Å². The molecule has 1 aliphatic heterocycles. The zero-order chi connectivity index (χ0) is 26.9. The van der Waals surface area contributed by atoms with Crippen molar-refractivity contribution in [1.29, 1.82) is 0 Å². The Morgan fingerprint density at radius 1 is 1.24 bits per heavy atom. The molecule has 206 valence electrons. The average molecular weight is 522 g/mol. The van der Waals surface area contributed by atoms with Gasteiger partial charge in [0.15, 0.2) is 5.82 Å². The maximum atomic E-state index is 13.4. The van der Waals surface area contributed by atoms with Crippen LogP contribution >= 0.6 is 0 Å². The van der Waals surface area contributed by atoms with Gasteiger partial charge in [-0.15, -0.1) is 0 Å². The average Bonchev–Trinajstić information content (AvgIpc) is 3.43. The van der Waals surface area contributed by atoms with E-state index >= 15 is 0 Å². The highest BCUT2D eigenvalue weighted by Crippen LogP contribution is 2.65. The number of amides is 1. The first-order valence-corrected chi connectivity index (χ1v) is 14.5. The highest BCUT2D eigenvalue weighted by atomic mass is 16.7. The van der Waals surface area contributed by atoms with Crippen molar-refractivity contribution in [3.05, 3.63) is 47.5 Å². The van der Waals surface area contributed by atoms with E-state index in [2.05, 4.69) is 45.1 Å². The summed E-state index contributed by atoms with van der Waals surface area (Å²) in [7, 11) is -0.443. The third-order valence-electron chi connectivity index (χ3n) is 9.38. The number of carbonyl (C=O) groups is 1. The second kappa shape index (κ2) is 11.1. The van der Waals surface area contributed by atoms with Crippen LogP contribution in [0.2, 0.25) is 0 Å². The van der Waals surface area contributed by atoms with Crippen molar-refractivity contribution in [2.24, 2.45) is 23.0 Å². The second-order valence-electron chi connectivity index (χ2n) is 12.3.